The van der Waals surface area contributed by atoms with Crippen LogP contribution < -0.4 is 0 Å². The van der Waals surface area contributed by atoms with Gasteiger partial charge in [0.2, 0.25) is 0 Å². The summed E-state index contributed by atoms with van der Waals surface area (Å²) in [6.45, 7) is 3.02. The molecule has 0 spiro atoms. The summed E-state index contributed by atoms with van der Waals surface area (Å²) in [6.07, 6.45) is 7.35. The molecular formula is C25H30N4O2. The number of aryl methyl sites for hydroxylation is 1. The summed E-state index contributed by atoms with van der Waals surface area (Å²) >= 11 is 0. The van der Waals surface area contributed by atoms with Crippen molar-refractivity contribution in [3.05, 3.63) is 60.0 Å². The van der Waals surface area contributed by atoms with Crippen molar-refractivity contribution in [2.45, 2.75) is 63.1 Å². The molecule has 2 aliphatic rings. The molecule has 2 bridgehead atoms. The van der Waals surface area contributed by atoms with Gasteiger partial charge in [-0.15, -0.1) is 0 Å². The molecule has 2 aromatic heterocycles. The summed E-state index contributed by atoms with van der Waals surface area (Å²) < 4.78 is 7.48. The van der Waals surface area contributed by atoms with E-state index in [0.29, 0.717) is 18.1 Å². The molecule has 5 rings (SSSR count). The Hall–Kier alpha value is -2.73. The Kier molecular flexibility index (Phi) is 5.48. The smallest absolute Gasteiger partial charge is 0.313 e. The quantitative estimate of drug-likeness (QED) is 0.560. The summed E-state index contributed by atoms with van der Waals surface area (Å²) in [5, 5.41) is 0. The van der Waals surface area contributed by atoms with Crippen LogP contribution in [0.1, 0.15) is 55.5 Å². The van der Waals surface area contributed by atoms with E-state index in [1.165, 1.54) is 20.0 Å². The molecule has 6 heteroatoms. The van der Waals surface area contributed by atoms with E-state index >= 15 is 0 Å². The van der Waals surface area contributed by atoms with E-state index in [1.54, 1.807) is 0 Å². The Morgan fingerprint density at radius 3 is 2.55 bits per heavy atom. The van der Waals surface area contributed by atoms with Crippen LogP contribution in [0.2, 0.25) is 0 Å². The van der Waals surface area contributed by atoms with E-state index in [0.717, 1.165) is 48.4 Å². The number of imidazole rings is 1. The average molecular weight is 419 g/mol. The van der Waals surface area contributed by atoms with Crippen LogP contribution >= 0.6 is 0 Å². The minimum Gasteiger partial charge on any atom is -0.469 e. The number of rotatable bonds is 6. The second-order valence-corrected chi connectivity index (χ2v) is 8.90. The third kappa shape index (κ3) is 3.74. The molecule has 0 aliphatic carbocycles. The van der Waals surface area contributed by atoms with Crippen molar-refractivity contribution in [3.63, 3.8) is 0 Å². The van der Waals surface area contributed by atoms with Crippen molar-refractivity contribution in [2.24, 2.45) is 0 Å². The molecule has 0 N–H and O–H groups in total. The number of benzene rings is 1. The number of methoxy groups -OCH3 is 1. The van der Waals surface area contributed by atoms with Gasteiger partial charge in [0, 0.05) is 24.3 Å². The van der Waals surface area contributed by atoms with Crippen LogP contribution in [0.15, 0.2) is 48.7 Å². The minimum atomic E-state index is -0.202. The van der Waals surface area contributed by atoms with Gasteiger partial charge in [-0.3, -0.25) is 9.69 Å². The lowest BCUT2D eigenvalue weighted by Crippen LogP contribution is -2.44. The van der Waals surface area contributed by atoms with Gasteiger partial charge in [-0.1, -0.05) is 30.3 Å². The highest BCUT2D eigenvalue weighted by molar-refractivity contribution is 5.78. The van der Waals surface area contributed by atoms with E-state index in [2.05, 4.69) is 21.4 Å². The maximum absolute atomic E-state index is 12.5. The van der Waals surface area contributed by atoms with Gasteiger partial charge in [0.05, 0.1) is 13.0 Å². The molecule has 1 aromatic carbocycles. The Morgan fingerprint density at radius 2 is 1.84 bits per heavy atom. The predicted octanol–water partition coefficient (Wildman–Crippen LogP) is 4.25. The summed E-state index contributed by atoms with van der Waals surface area (Å²) in [5.74, 6) is 0.716. The Bertz CT molecular complexity index is 1050. The van der Waals surface area contributed by atoms with Gasteiger partial charge in [-0.25, -0.2) is 9.97 Å². The second kappa shape index (κ2) is 8.42. The van der Waals surface area contributed by atoms with Crippen LogP contribution in [-0.4, -0.2) is 51.1 Å². The molecule has 1 unspecified atom stereocenters. The Labute approximate surface area is 183 Å². The van der Waals surface area contributed by atoms with Crippen molar-refractivity contribution in [1.29, 1.82) is 0 Å². The first-order valence-corrected chi connectivity index (χ1v) is 11.3. The number of fused-ring (bicyclic) bond motifs is 3. The van der Waals surface area contributed by atoms with Crippen LogP contribution in [-0.2, 0) is 9.53 Å². The third-order valence-corrected chi connectivity index (χ3v) is 7.21. The average Bonchev–Trinajstić information content (AvgIpc) is 3.25. The highest BCUT2D eigenvalue weighted by atomic mass is 16.5. The summed E-state index contributed by atoms with van der Waals surface area (Å²) in [7, 11) is 1.49. The van der Waals surface area contributed by atoms with Gasteiger partial charge < -0.3 is 9.30 Å². The standard InChI is InChI=1S/C25H30N4O2/c1-17-27-23-9-6-13-26-24(23)29(17)21-15-19-10-11-20(16-21)28(19)14-12-22(25(30)31-2)18-7-4-3-5-8-18/h3-9,13,19-22H,10-12,14-16H2,1-2H3/t19-,20+,21?,22-/m0/s1. The summed E-state index contributed by atoms with van der Waals surface area (Å²) in [6, 6.07) is 15.6. The van der Waals surface area contributed by atoms with Gasteiger partial charge in [0.15, 0.2) is 5.65 Å². The highest BCUT2D eigenvalue weighted by Crippen LogP contribution is 2.42. The first-order chi connectivity index (χ1) is 15.2. The van der Waals surface area contributed by atoms with E-state index in [1.807, 2.05) is 48.7 Å². The number of carbonyl (C=O) groups is 1. The molecule has 2 aliphatic heterocycles. The lowest BCUT2D eigenvalue weighted by atomic mass is 9.93. The topological polar surface area (TPSA) is 60.2 Å². The molecule has 162 valence electrons. The molecule has 0 amide bonds. The number of ether oxygens (including phenoxy) is 1. The van der Waals surface area contributed by atoms with E-state index < -0.39 is 0 Å². The Balaban J connectivity index is 1.31. The third-order valence-electron chi connectivity index (χ3n) is 7.21. The van der Waals surface area contributed by atoms with Gasteiger partial charge in [0.1, 0.15) is 11.3 Å². The van der Waals surface area contributed by atoms with Crippen LogP contribution in [0.3, 0.4) is 0 Å². The zero-order valence-corrected chi connectivity index (χ0v) is 18.3. The molecule has 4 atom stereocenters. The highest BCUT2D eigenvalue weighted by Gasteiger charge is 2.42. The van der Waals surface area contributed by atoms with Crippen molar-refractivity contribution in [3.8, 4) is 0 Å². The largest absolute Gasteiger partial charge is 0.469 e. The zero-order valence-electron chi connectivity index (χ0n) is 18.3. The fraction of sp³-hybridized carbons (Fsp3) is 0.480. The van der Waals surface area contributed by atoms with E-state index in [4.69, 9.17) is 9.72 Å². The SMILES string of the molecule is COC(=O)[C@@H](CCN1[C@@H]2CC[C@H]1CC(n1c(C)nc3cccnc31)C2)c1ccccc1. The minimum absolute atomic E-state index is 0.139. The van der Waals surface area contributed by atoms with Crippen LogP contribution in [0.25, 0.3) is 11.2 Å². The number of aromatic nitrogens is 3. The van der Waals surface area contributed by atoms with Gasteiger partial charge in [0.25, 0.3) is 0 Å². The summed E-state index contributed by atoms with van der Waals surface area (Å²) in [4.78, 5) is 24.5. The van der Waals surface area contributed by atoms with E-state index in [-0.39, 0.29) is 11.9 Å². The number of esters is 1. The first-order valence-electron chi connectivity index (χ1n) is 11.3. The van der Waals surface area contributed by atoms with Crippen LogP contribution in [0.5, 0.6) is 0 Å². The molecule has 6 nitrogen and oxygen atoms in total. The van der Waals surface area contributed by atoms with Crippen molar-refractivity contribution >= 4 is 17.1 Å². The van der Waals surface area contributed by atoms with Crippen molar-refractivity contribution in [2.75, 3.05) is 13.7 Å². The molecule has 3 aromatic rings. The van der Waals surface area contributed by atoms with Crippen LogP contribution in [0.4, 0.5) is 0 Å². The summed E-state index contributed by atoms with van der Waals surface area (Å²) in [5.41, 5.74) is 3.04. The number of nitrogens with zero attached hydrogens (tertiary/aromatic N) is 4. The monoisotopic (exact) mass is 418 g/mol. The number of piperidine rings is 1. The number of hydrogen-bond donors (Lipinski definition) is 0. The molecular weight excluding hydrogens is 388 g/mol. The van der Waals surface area contributed by atoms with Crippen LogP contribution in [0, 0.1) is 6.92 Å². The molecule has 2 saturated heterocycles. The molecule has 31 heavy (non-hydrogen) atoms. The lowest BCUT2D eigenvalue weighted by molar-refractivity contribution is -0.142. The number of carbonyl (C=O) groups excluding carboxylic acids is 1. The molecule has 0 radical (unpaired) electrons. The van der Waals surface area contributed by atoms with Gasteiger partial charge in [-0.05, 0) is 63.3 Å². The predicted molar refractivity (Wildman–Crippen MR) is 120 cm³/mol. The fourth-order valence-corrected chi connectivity index (χ4v) is 5.83. The molecule has 2 fully saturated rings. The van der Waals surface area contributed by atoms with Gasteiger partial charge in [-0.2, -0.15) is 0 Å². The fourth-order valence-electron chi connectivity index (χ4n) is 5.83. The van der Waals surface area contributed by atoms with Crippen molar-refractivity contribution in [1.82, 2.24) is 19.4 Å². The van der Waals surface area contributed by atoms with Crippen molar-refractivity contribution < 1.29 is 9.53 Å². The molecule has 0 saturated carbocycles. The Morgan fingerprint density at radius 1 is 1.10 bits per heavy atom. The van der Waals surface area contributed by atoms with E-state index in [9.17, 15) is 4.79 Å². The second-order valence-electron chi connectivity index (χ2n) is 8.90. The lowest BCUT2D eigenvalue weighted by Gasteiger charge is -2.40. The number of pyridine rings is 1. The van der Waals surface area contributed by atoms with Gasteiger partial charge >= 0.3 is 5.97 Å². The first kappa shape index (κ1) is 20.2. The normalized spacial score (nSPS) is 24.4. The maximum Gasteiger partial charge on any atom is 0.313 e. The maximum atomic E-state index is 12.5. The molecule has 4 heterocycles. The zero-order chi connectivity index (χ0) is 21.4. The number of hydrogen-bond acceptors (Lipinski definition) is 5.